The van der Waals surface area contributed by atoms with Crippen LogP contribution in [0.1, 0.15) is 32.3 Å². The first-order valence-corrected chi connectivity index (χ1v) is 7.81. The van der Waals surface area contributed by atoms with Crippen molar-refractivity contribution in [2.45, 2.75) is 26.7 Å². The Morgan fingerprint density at radius 3 is 1.83 bits per heavy atom. The highest BCUT2D eigenvalue weighted by atomic mass is 19.1. The summed E-state index contributed by atoms with van der Waals surface area (Å²) in [5.41, 5.74) is 2.08. The molecule has 24 heavy (non-hydrogen) atoms. The lowest BCUT2D eigenvalue weighted by Crippen LogP contribution is -2.25. The number of rotatable bonds is 5. The quantitative estimate of drug-likeness (QED) is 0.866. The van der Waals surface area contributed by atoms with Gasteiger partial charge in [0.05, 0.1) is 5.92 Å². The Bertz CT molecular complexity index is 709. The number of hydrogen-bond donors (Lipinski definition) is 2. The van der Waals surface area contributed by atoms with Crippen LogP contribution < -0.4 is 10.6 Å². The molecule has 4 nitrogen and oxygen atoms in total. The predicted octanol–water partition coefficient (Wildman–Crippen LogP) is 4.16. The lowest BCUT2D eigenvalue weighted by atomic mass is 9.87. The van der Waals surface area contributed by atoms with Gasteiger partial charge in [0, 0.05) is 18.3 Å². The molecule has 5 heteroatoms. The van der Waals surface area contributed by atoms with Gasteiger partial charge >= 0.3 is 0 Å². The Kier molecular flexibility index (Phi) is 5.68. The molecular formula is C19H21FN2O2. The molecule has 2 aromatic rings. The van der Waals surface area contributed by atoms with Gasteiger partial charge in [-0.1, -0.05) is 26.0 Å². The SMILES string of the molecule is CC(=O)Nc1ccc(NC(=O)C(c2ccc(F)cc2)C(C)C)cc1. The van der Waals surface area contributed by atoms with Gasteiger partial charge in [-0.3, -0.25) is 9.59 Å². The zero-order valence-electron chi connectivity index (χ0n) is 14.0. The number of carbonyl (C=O) groups is 2. The van der Waals surface area contributed by atoms with Crippen molar-refractivity contribution in [2.75, 3.05) is 10.6 Å². The van der Waals surface area contributed by atoms with Gasteiger partial charge in [-0.15, -0.1) is 0 Å². The summed E-state index contributed by atoms with van der Waals surface area (Å²) >= 11 is 0. The lowest BCUT2D eigenvalue weighted by Gasteiger charge is -2.21. The lowest BCUT2D eigenvalue weighted by molar-refractivity contribution is -0.118. The second-order valence-electron chi connectivity index (χ2n) is 6.02. The Hall–Kier alpha value is -2.69. The zero-order valence-corrected chi connectivity index (χ0v) is 14.0. The van der Waals surface area contributed by atoms with Crippen molar-refractivity contribution in [1.29, 1.82) is 0 Å². The van der Waals surface area contributed by atoms with E-state index in [4.69, 9.17) is 0 Å². The Morgan fingerprint density at radius 1 is 0.875 bits per heavy atom. The monoisotopic (exact) mass is 328 g/mol. The summed E-state index contributed by atoms with van der Waals surface area (Å²) in [6.45, 7) is 5.34. The molecule has 1 unspecified atom stereocenters. The Labute approximate surface area is 141 Å². The van der Waals surface area contributed by atoms with Gasteiger partial charge in [-0.25, -0.2) is 4.39 Å². The molecule has 0 bridgehead atoms. The maximum atomic E-state index is 13.1. The van der Waals surface area contributed by atoms with Gasteiger partial charge < -0.3 is 10.6 Å². The summed E-state index contributed by atoms with van der Waals surface area (Å²) in [5, 5.41) is 5.54. The highest BCUT2D eigenvalue weighted by Gasteiger charge is 2.24. The molecule has 2 aromatic carbocycles. The molecule has 0 heterocycles. The van der Waals surface area contributed by atoms with Crippen molar-refractivity contribution >= 4 is 23.2 Å². The third-order valence-corrected chi connectivity index (χ3v) is 3.65. The number of carbonyl (C=O) groups excluding carboxylic acids is 2. The standard InChI is InChI=1S/C19H21FN2O2/c1-12(2)18(14-4-6-15(20)7-5-14)19(24)22-17-10-8-16(9-11-17)21-13(3)23/h4-12,18H,1-3H3,(H,21,23)(H,22,24). The largest absolute Gasteiger partial charge is 0.326 e. The van der Waals surface area contributed by atoms with Crippen LogP contribution in [0.5, 0.6) is 0 Å². The fraction of sp³-hybridized carbons (Fsp3) is 0.263. The molecule has 0 saturated heterocycles. The normalized spacial score (nSPS) is 11.9. The van der Waals surface area contributed by atoms with Crippen molar-refractivity contribution in [1.82, 2.24) is 0 Å². The molecule has 0 aliphatic rings. The number of hydrogen-bond acceptors (Lipinski definition) is 2. The number of halogens is 1. The van der Waals surface area contributed by atoms with Crippen LogP contribution in [0.3, 0.4) is 0 Å². The van der Waals surface area contributed by atoms with Crippen LogP contribution in [-0.4, -0.2) is 11.8 Å². The first kappa shape index (κ1) is 17.7. The first-order valence-electron chi connectivity index (χ1n) is 7.81. The molecule has 0 aliphatic heterocycles. The molecular weight excluding hydrogens is 307 g/mol. The van der Waals surface area contributed by atoms with E-state index in [1.54, 1.807) is 36.4 Å². The van der Waals surface area contributed by atoms with Crippen LogP contribution in [0.2, 0.25) is 0 Å². The van der Waals surface area contributed by atoms with Crippen LogP contribution in [0, 0.1) is 11.7 Å². The smallest absolute Gasteiger partial charge is 0.232 e. The van der Waals surface area contributed by atoms with Gasteiger partial charge in [-0.05, 0) is 47.9 Å². The van der Waals surface area contributed by atoms with E-state index in [0.717, 1.165) is 5.56 Å². The second-order valence-corrected chi connectivity index (χ2v) is 6.02. The number of anilines is 2. The molecule has 0 aromatic heterocycles. The minimum absolute atomic E-state index is 0.0640. The van der Waals surface area contributed by atoms with Crippen molar-refractivity contribution in [2.24, 2.45) is 5.92 Å². The van der Waals surface area contributed by atoms with Crippen molar-refractivity contribution in [3.63, 3.8) is 0 Å². The van der Waals surface area contributed by atoms with Gasteiger partial charge in [0.15, 0.2) is 0 Å². The number of amides is 2. The summed E-state index contributed by atoms with van der Waals surface area (Å²) in [6.07, 6.45) is 0. The maximum Gasteiger partial charge on any atom is 0.232 e. The van der Waals surface area contributed by atoms with E-state index in [2.05, 4.69) is 10.6 Å². The van der Waals surface area contributed by atoms with Gasteiger partial charge in [-0.2, -0.15) is 0 Å². The zero-order chi connectivity index (χ0) is 17.7. The summed E-state index contributed by atoms with van der Waals surface area (Å²) < 4.78 is 13.1. The van der Waals surface area contributed by atoms with E-state index in [1.807, 2.05) is 13.8 Å². The molecule has 2 N–H and O–H groups in total. The van der Waals surface area contributed by atoms with E-state index < -0.39 is 0 Å². The van der Waals surface area contributed by atoms with E-state index in [1.165, 1.54) is 19.1 Å². The number of nitrogens with one attached hydrogen (secondary N) is 2. The summed E-state index contributed by atoms with van der Waals surface area (Å²) in [6, 6.07) is 12.9. The fourth-order valence-electron chi connectivity index (χ4n) is 2.57. The van der Waals surface area contributed by atoms with Gasteiger partial charge in [0.25, 0.3) is 0 Å². The van der Waals surface area contributed by atoms with Crippen molar-refractivity contribution in [3.05, 3.63) is 59.9 Å². The van der Waals surface area contributed by atoms with E-state index >= 15 is 0 Å². The van der Waals surface area contributed by atoms with Crippen LogP contribution >= 0.6 is 0 Å². The van der Waals surface area contributed by atoms with Crippen LogP contribution in [0.25, 0.3) is 0 Å². The molecule has 0 aliphatic carbocycles. The third kappa shape index (κ3) is 4.65. The van der Waals surface area contributed by atoms with Crippen LogP contribution in [0.4, 0.5) is 15.8 Å². The molecule has 126 valence electrons. The van der Waals surface area contributed by atoms with E-state index in [9.17, 15) is 14.0 Å². The molecule has 0 saturated carbocycles. The topological polar surface area (TPSA) is 58.2 Å². The van der Waals surface area contributed by atoms with Crippen molar-refractivity contribution < 1.29 is 14.0 Å². The number of benzene rings is 2. The second kappa shape index (κ2) is 7.73. The van der Waals surface area contributed by atoms with Gasteiger partial charge in [0.1, 0.15) is 5.82 Å². The highest BCUT2D eigenvalue weighted by molar-refractivity contribution is 5.96. The maximum absolute atomic E-state index is 13.1. The van der Waals surface area contributed by atoms with E-state index in [0.29, 0.717) is 11.4 Å². The highest BCUT2D eigenvalue weighted by Crippen LogP contribution is 2.26. The average molecular weight is 328 g/mol. The molecule has 2 rings (SSSR count). The predicted molar refractivity (Wildman–Crippen MR) is 93.4 cm³/mol. The molecule has 0 radical (unpaired) electrons. The third-order valence-electron chi connectivity index (χ3n) is 3.65. The minimum Gasteiger partial charge on any atom is -0.326 e. The Balaban J connectivity index is 2.13. The summed E-state index contributed by atoms with van der Waals surface area (Å²) in [4.78, 5) is 23.6. The average Bonchev–Trinajstić information content (AvgIpc) is 2.50. The summed E-state index contributed by atoms with van der Waals surface area (Å²) in [5.74, 6) is -0.934. The van der Waals surface area contributed by atoms with E-state index in [-0.39, 0.29) is 29.5 Å². The summed E-state index contributed by atoms with van der Waals surface area (Å²) in [7, 11) is 0. The molecule has 1 atom stereocenters. The van der Waals surface area contributed by atoms with Gasteiger partial charge in [0.2, 0.25) is 11.8 Å². The van der Waals surface area contributed by atoms with Crippen LogP contribution in [-0.2, 0) is 9.59 Å². The van der Waals surface area contributed by atoms with Crippen LogP contribution in [0.15, 0.2) is 48.5 Å². The Morgan fingerprint density at radius 2 is 1.38 bits per heavy atom. The van der Waals surface area contributed by atoms with Crippen molar-refractivity contribution in [3.8, 4) is 0 Å². The molecule has 2 amide bonds. The first-order chi connectivity index (χ1) is 11.4. The molecule has 0 fully saturated rings. The minimum atomic E-state index is -0.374. The molecule has 0 spiro atoms. The fourth-order valence-corrected chi connectivity index (χ4v) is 2.57.